The number of halogens is 1. The van der Waals surface area contributed by atoms with Crippen molar-refractivity contribution < 1.29 is 14.3 Å². The third kappa shape index (κ3) is 3.96. The fourth-order valence-corrected chi connectivity index (χ4v) is 2.66. The van der Waals surface area contributed by atoms with Crippen molar-refractivity contribution in [2.45, 2.75) is 39.3 Å². The molecule has 0 aromatic carbocycles. The molecule has 1 aliphatic heterocycles. The highest BCUT2D eigenvalue weighted by Crippen LogP contribution is 2.26. The van der Waals surface area contributed by atoms with Gasteiger partial charge in [0.25, 0.3) is 5.91 Å². The van der Waals surface area contributed by atoms with Crippen LogP contribution in [-0.4, -0.2) is 58.8 Å². The standard InChI is InChI=1S/C15H23ClN4O3/c1-4-5-9-23-15(22)19-7-6-8-20-11(10-19)12(16)13(17-20)14(21)18(2)3/h4-10H2,1-3H3. The SMILES string of the molecule is CCCCOC(=O)N1CCCn2nc(C(=O)N(C)C)c(Cl)c2C1. The van der Waals surface area contributed by atoms with Crippen LogP contribution in [0.5, 0.6) is 0 Å². The van der Waals surface area contributed by atoms with Crippen LogP contribution in [0.15, 0.2) is 0 Å². The van der Waals surface area contributed by atoms with Crippen LogP contribution in [0.25, 0.3) is 0 Å². The van der Waals surface area contributed by atoms with E-state index in [1.165, 1.54) is 4.90 Å². The van der Waals surface area contributed by atoms with Crippen LogP contribution >= 0.6 is 11.6 Å². The maximum absolute atomic E-state index is 12.2. The monoisotopic (exact) mass is 342 g/mol. The Balaban J connectivity index is 2.16. The van der Waals surface area contributed by atoms with Gasteiger partial charge in [0.1, 0.15) is 0 Å². The van der Waals surface area contributed by atoms with Gasteiger partial charge in [-0.15, -0.1) is 0 Å². The van der Waals surface area contributed by atoms with Crippen LogP contribution in [0.3, 0.4) is 0 Å². The summed E-state index contributed by atoms with van der Waals surface area (Å²) in [6.45, 7) is 3.97. The van der Waals surface area contributed by atoms with Gasteiger partial charge in [0.05, 0.1) is 23.9 Å². The highest BCUT2D eigenvalue weighted by atomic mass is 35.5. The first-order chi connectivity index (χ1) is 11.0. The third-order valence-electron chi connectivity index (χ3n) is 3.72. The predicted octanol–water partition coefficient (Wildman–Crippen LogP) is 2.38. The molecule has 23 heavy (non-hydrogen) atoms. The van der Waals surface area contributed by atoms with E-state index in [0.717, 1.165) is 19.3 Å². The summed E-state index contributed by atoms with van der Waals surface area (Å²) in [6.07, 6.45) is 2.22. The summed E-state index contributed by atoms with van der Waals surface area (Å²) in [7, 11) is 3.31. The molecule has 0 spiro atoms. The smallest absolute Gasteiger partial charge is 0.410 e. The number of aryl methyl sites for hydroxylation is 1. The van der Waals surface area contributed by atoms with E-state index >= 15 is 0 Å². The molecule has 1 aliphatic rings. The number of nitrogens with zero attached hydrogens (tertiary/aromatic N) is 4. The number of carbonyl (C=O) groups is 2. The quantitative estimate of drug-likeness (QED) is 0.788. The van der Waals surface area contributed by atoms with Crippen LogP contribution in [0.1, 0.15) is 42.4 Å². The normalized spacial score (nSPS) is 14.2. The Labute approximate surface area is 141 Å². The molecule has 8 heteroatoms. The van der Waals surface area contributed by atoms with Crippen molar-refractivity contribution in [1.82, 2.24) is 19.6 Å². The lowest BCUT2D eigenvalue weighted by Crippen LogP contribution is -2.31. The Morgan fingerprint density at radius 3 is 2.74 bits per heavy atom. The molecule has 0 N–H and O–H groups in total. The molecule has 0 atom stereocenters. The molecule has 0 radical (unpaired) electrons. The molecule has 0 unspecified atom stereocenters. The van der Waals surface area contributed by atoms with E-state index in [1.807, 2.05) is 6.92 Å². The minimum atomic E-state index is -0.343. The van der Waals surface area contributed by atoms with E-state index < -0.39 is 0 Å². The average molecular weight is 343 g/mol. The molecule has 2 rings (SSSR count). The van der Waals surface area contributed by atoms with Crippen LogP contribution in [0, 0.1) is 0 Å². The Morgan fingerprint density at radius 2 is 2.09 bits per heavy atom. The van der Waals surface area contributed by atoms with Crippen molar-refractivity contribution in [1.29, 1.82) is 0 Å². The molecule has 0 fully saturated rings. The number of hydrogen-bond acceptors (Lipinski definition) is 4. The fourth-order valence-electron chi connectivity index (χ4n) is 2.38. The second-order valence-corrected chi connectivity index (χ2v) is 6.15. The molecule has 128 valence electrons. The fraction of sp³-hybridized carbons (Fsp3) is 0.667. The van der Waals surface area contributed by atoms with E-state index in [2.05, 4.69) is 5.10 Å². The van der Waals surface area contributed by atoms with E-state index in [0.29, 0.717) is 37.0 Å². The first-order valence-corrected chi connectivity index (χ1v) is 8.22. The zero-order chi connectivity index (χ0) is 17.0. The highest BCUT2D eigenvalue weighted by Gasteiger charge is 2.28. The second-order valence-electron chi connectivity index (χ2n) is 5.78. The average Bonchev–Trinajstić information content (AvgIpc) is 2.71. The summed E-state index contributed by atoms with van der Waals surface area (Å²) < 4.78 is 6.98. The zero-order valence-electron chi connectivity index (χ0n) is 13.8. The van der Waals surface area contributed by atoms with E-state index in [9.17, 15) is 9.59 Å². The number of ether oxygens (including phenoxy) is 1. The molecule has 2 heterocycles. The van der Waals surface area contributed by atoms with E-state index in [-0.39, 0.29) is 17.7 Å². The molecule has 0 bridgehead atoms. The molecule has 0 saturated heterocycles. The Kier molecular flexibility index (Phi) is 5.87. The summed E-state index contributed by atoms with van der Waals surface area (Å²) in [5, 5.41) is 4.63. The van der Waals surface area contributed by atoms with E-state index in [4.69, 9.17) is 16.3 Å². The summed E-state index contributed by atoms with van der Waals surface area (Å²) in [5.41, 5.74) is 0.912. The zero-order valence-corrected chi connectivity index (χ0v) is 14.6. The summed E-state index contributed by atoms with van der Waals surface area (Å²) >= 11 is 6.34. The van der Waals surface area contributed by atoms with Gasteiger partial charge in [-0.1, -0.05) is 24.9 Å². The second kappa shape index (κ2) is 7.68. The summed E-state index contributed by atoms with van der Waals surface area (Å²) in [5.74, 6) is -0.243. The van der Waals surface area contributed by atoms with Gasteiger partial charge >= 0.3 is 6.09 Å². The minimum Gasteiger partial charge on any atom is -0.449 e. The lowest BCUT2D eigenvalue weighted by molar-refractivity contribution is 0.0821. The molecular weight excluding hydrogens is 320 g/mol. The maximum Gasteiger partial charge on any atom is 0.410 e. The predicted molar refractivity (Wildman–Crippen MR) is 86.5 cm³/mol. The van der Waals surface area contributed by atoms with Crippen molar-refractivity contribution in [3.8, 4) is 0 Å². The number of amides is 2. The molecule has 7 nitrogen and oxygen atoms in total. The molecular formula is C15H23ClN4O3. The van der Waals surface area contributed by atoms with Crippen LogP contribution < -0.4 is 0 Å². The van der Waals surface area contributed by atoms with Gasteiger partial charge in [0.2, 0.25) is 0 Å². The van der Waals surface area contributed by atoms with Crippen molar-refractivity contribution in [2.24, 2.45) is 0 Å². The molecule has 0 aliphatic carbocycles. The van der Waals surface area contributed by atoms with Gasteiger partial charge in [-0.25, -0.2) is 4.79 Å². The Morgan fingerprint density at radius 1 is 1.35 bits per heavy atom. The van der Waals surface area contributed by atoms with Gasteiger partial charge in [-0.3, -0.25) is 9.48 Å². The van der Waals surface area contributed by atoms with Crippen molar-refractivity contribution in [3.63, 3.8) is 0 Å². The lowest BCUT2D eigenvalue weighted by Gasteiger charge is -2.19. The maximum atomic E-state index is 12.2. The number of hydrogen-bond donors (Lipinski definition) is 0. The van der Waals surface area contributed by atoms with E-state index in [1.54, 1.807) is 23.7 Å². The number of fused-ring (bicyclic) bond motifs is 1. The number of rotatable bonds is 4. The topological polar surface area (TPSA) is 67.7 Å². The van der Waals surface area contributed by atoms with Crippen LogP contribution in [-0.2, 0) is 17.8 Å². The van der Waals surface area contributed by atoms with Gasteiger partial charge < -0.3 is 14.5 Å². The molecule has 1 aromatic rings. The summed E-state index contributed by atoms with van der Waals surface area (Å²) in [6, 6.07) is 0. The van der Waals surface area contributed by atoms with Crippen molar-refractivity contribution in [2.75, 3.05) is 27.2 Å². The highest BCUT2D eigenvalue weighted by molar-refractivity contribution is 6.34. The Bertz CT molecular complexity index is 586. The first kappa shape index (κ1) is 17.6. The van der Waals surface area contributed by atoms with Crippen molar-refractivity contribution >= 4 is 23.6 Å². The van der Waals surface area contributed by atoms with Gasteiger partial charge in [0, 0.05) is 27.2 Å². The molecule has 0 saturated carbocycles. The molecule has 2 amide bonds. The van der Waals surface area contributed by atoms with Gasteiger partial charge in [0.15, 0.2) is 5.69 Å². The minimum absolute atomic E-state index is 0.230. The summed E-state index contributed by atoms with van der Waals surface area (Å²) in [4.78, 5) is 27.3. The van der Waals surface area contributed by atoms with Crippen LogP contribution in [0.2, 0.25) is 5.02 Å². The van der Waals surface area contributed by atoms with Gasteiger partial charge in [-0.05, 0) is 12.8 Å². The molecule has 1 aromatic heterocycles. The first-order valence-electron chi connectivity index (χ1n) is 7.84. The lowest BCUT2D eigenvalue weighted by atomic mass is 10.3. The Hall–Kier alpha value is -1.76. The largest absolute Gasteiger partial charge is 0.449 e. The number of aromatic nitrogens is 2. The third-order valence-corrected chi connectivity index (χ3v) is 4.12. The number of carbonyl (C=O) groups excluding carboxylic acids is 2. The number of unbranched alkanes of at least 4 members (excludes halogenated alkanes) is 1. The van der Waals surface area contributed by atoms with Crippen LogP contribution in [0.4, 0.5) is 4.79 Å². The van der Waals surface area contributed by atoms with Crippen molar-refractivity contribution in [3.05, 3.63) is 16.4 Å². The van der Waals surface area contributed by atoms with Gasteiger partial charge in [-0.2, -0.15) is 5.10 Å².